The van der Waals surface area contributed by atoms with Crippen LogP contribution in [0.25, 0.3) is 28.4 Å². The van der Waals surface area contributed by atoms with E-state index in [1.165, 1.54) is 27.4 Å². The number of methoxy groups -OCH3 is 3. The third-order valence-electron chi connectivity index (χ3n) is 5.19. The maximum absolute atomic E-state index is 13.3. The molecule has 0 unspecified atom stereocenters. The molecule has 0 aliphatic rings. The van der Waals surface area contributed by atoms with Crippen molar-refractivity contribution in [1.82, 2.24) is 9.66 Å². The van der Waals surface area contributed by atoms with Crippen LogP contribution in [0.3, 0.4) is 0 Å². The summed E-state index contributed by atoms with van der Waals surface area (Å²) >= 11 is 6.16. The van der Waals surface area contributed by atoms with Gasteiger partial charge in [-0.15, -0.1) is 0 Å². The lowest BCUT2D eigenvalue weighted by atomic mass is 10.1. The summed E-state index contributed by atoms with van der Waals surface area (Å²) in [4.78, 5) is 30.7. The summed E-state index contributed by atoms with van der Waals surface area (Å²) in [5, 5.41) is 0.845. The van der Waals surface area contributed by atoms with Crippen molar-refractivity contribution in [3.8, 4) is 28.6 Å². The van der Waals surface area contributed by atoms with E-state index in [0.717, 1.165) is 4.68 Å². The Hall–Kier alpha value is -4.30. The van der Waals surface area contributed by atoms with Crippen LogP contribution in [0, 0.1) is 0 Å². The lowest BCUT2D eigenvalue weighted by Gasteiger charge is -2.14. The van der Waals surface area contributed by atoms with Gasteiger partial charge in [-0.05, 0) is 48.0 Å². The number of carbonyl (C=O) groups is 1. The molecule has 0 aliphatic heterocycles. The number of carbonyl (C=O) groups excluding carboxylic acids is 1. The van der Waals surface area contributed by atoms with E-state index < -0.39 is 11.5 Å². The molecule has 0 radical (unpaired) electrons. The first-order valence-electron chi connectivity index (χ1n) is 10.5. The van der Waals surface area contributed by atoms with Crippen molar-refractivity contribution in [3.05, 3.63) is 87.7 Å². The van der Waals surface area contributed by atoms with Crippen molar-refractivity contribution in [2.45, 2.75) is 0 Å². The first-order chi connectivity index (χ1) is 16.9. The molecule has 0 fully saturated rings. The maximum atomic E-state index is 13.3. The van der Waals surface area contributed by atoms with Gasteiger partial charge < -0.3 is 14.2 Å². The van der Waals surface area contributed by atoms with E-state index >= 15 is 0 Å². The number of hydrogen-bond acceptors (Lipinski definition) is 6. The number of ether oxygens (including phenoxy) is 3. The Labute approximate surface area is 206 Å². The van der Waals surface area contributed by atoms with Crippen molar-refractivity contribution in [2.24, 2.45) is 0 Å². The Balaban J connectivity index is 1.72. The highest BCUT2D eigenvalue weighted by Crippen LogP contribution is 2.38. The molecule has 8 nitrogen and oxygen atoms in total. The number of aromatic nitrogens is 2. The summed E-state index contributed by atoms with van der Waals surface area (Å²) < 4.78 is 17.1. The van der Waals surface area contributed by atoms with Crippen molar-refractivity contribution >= 4 is 34.5 Å². The van der Waals surface area contributed by atoms with Crippen molar-refractivity contribution in [3.63, 3.8) is 0 Å². The minimum Gasteiger partial charge on any atom is -0.493 e. The normalized spacial score (nSPS) is 11.0. The minimum absolute atomic E-state index is 0.255. The van der Waals surface area contributed by atoms with E-state index in [1.54, 1.807) is 66.7 Å². The second kappa shape index (κ2) is 10.3. The zero-order valence-electron chi connectivity index (χ0n) is 19.2. The molecule has 178 valence electrons. The molecule has 9 heteroatoms. The second-order valence-corrected chi connectivity index (χ2v) is 7.81. The number of nitrogens with zero attached hydrogens (tertiary/aromatic N) is 2. The number of halogens is 1. The molecule has 4 rings (SSSR count). The lowest BCUT2D eigenvalue weighted by Crippen LogP contribution is -2.34. The Bertz CT molecular complexity index is 1470. The third-order valence-corrected chi connectivity index (χ3v) is 5.43. The number of hydrogen-bond donors (Lipinski definition) is 1. The molecule has 0 bridgehead atoms. The fourth-order valence-electron chi connectivity index (χ4n) is 3.57. The number of benzene rings is 3. The van der Waals surface area contributed by atoms with Gasteiger partial charge in [0.25, 0.3) is 11.5 Å². The Morgan fingerprint density at radius 3 is 2.34 bits per heavy atom. The average molecular weight is 492 g/mol. The van der Waals surface area contributed by atoms with Gasteiger partial charge in [-0.25, -0.2) is 4.98 Å². The van der Waals surface area contributed by atoms with Gasteiger partial charge in [0.05, 0.1) is 32.2 Å². The monoisotopic (exact) mass is 491 g/mol. The smallest absolute Gasteiger partial charge is 0.280 e. The second-order valence-electron chi connectivity index (χ2n) is 7.37. The van der Waals surface area contributed by atoms with Crippen LogP contribution in [-0.2, 0) is 4.79 Å². The number of rotatable bonds is 7. The van der Waals surface area contributed by atoms with E-state index in [-0.39, 0.29) is 5.82 Å². The van der Waals surface area contributed by atoms with Gasteiger partial charge in [0.15, 0.2) is 17.3 Å². The first-order valence-corrected chi connectivity index (χ1v) is 10.9. The van der Waals surface area contributed by atoms with Gasteiger partial charge in [0.1, 0.15) is 0 Å². The summed E-state index contributed by atoms with van der Waals surface area (Å²) in [6.07, 6.45) is 2.86. The van der Waals surface area contributed by atoms with E-state index in [9.17, 15) is 9.59 Å². The number of para-hydroxylation sites is 1. The molecule has 0 spiro atoms. The van der Waals surface area contributed by atoms with Crippen LogP contribution < -0.4 is 25.2 Å². The molecule has 3 aromatic carbocycles. The standard InChI is InChI=1S/C26H22ClN3O5/c1-33-21-13-16(14-22(34-2)24(21)35-3)11-12-23(31)29-30-25(17-7-6-8-18(27)15-17)28-20-10-5-4-9-19(20)26(30)32/h4-15H,1-3H3,(H,29,31). The summed E-state index contributed by atoms with van der Waals surface area (Å²) in [7, 11) is 4.53. The number of nitrogens with one attached hydrogen (secondary N) is 1. The first kappa shape index (κ1) is 23.8. The Morgan fingerprint density at radius 1 is 0.971 bits per heavy atom. The lowest BCUT2D eigenvalue weighted by molar-refractivity contribution is -0.112. The van der Waals surface area contributed by atoms with Gasteiger partial charge in [-0.3, -0.25) is 15.0 Å². The van der Waals surface area contributed by atoms with Gasteiger partial charge in [0.2, 0.25) is 5.75 Å². The molecule has 35 heavy (non-hydrogen) atoms. The molecular formula is C26H22ClN3O5. The topological polar surface area (TPSA) is 91.7 Å². The van der Waals surface area contributed by atoms with E-state index in [0.29, 0.717) is 44.3 Å². The van der Waals surface area contributed by atoms with Gasteiger partial charge in [-0.2, -0.15) is 4.68 Å². The third kappa shape index (κ3) is 4.97. The van der Waals surface area contributed by atoms with Crippen LogP contribution in [0.1, 0.15) is 5.56 Å². The number of amides is 1. The highest BCUT2D eigenvalue weighted by molar-refractivity contribution is 6.30. The highest BCUT2D eigenvalue weighted by Gasteiger charge is 2.15. The van der Waals surface area contributed by atoms with Gasteiger partial charge >= 0.3 is 0 Å². The van der Waals surface area contributed by atoms with E-state index in [1.807, 2.05) is 0 Å². The molecule has 4 aromatic rings. The van der Waals surface area contributed by atoms with Crippen molar-refractivity contribution < 1.29 is 19.0 Å². The van der Waals surface area contributed by atoms with Gasteiger partial charge in [0, 0.05) is 16.7 Å². The molecule has 0 saturated heterocycles. The predicted octanol–water partition coefficient (Wildman–Crippen LogP) is 4.53. The largest absolute Gasteiger partial charge is 0.493 e. The minimum atomic E-state index is -0.541. The summed E-state index contributed by atoms with van der Waals surface area (Å²) in [5.41, 5.74) is 3.92. The van der Waals surface area contributed by atoms with Crippen LogP contribution in [0.4, 0.5) is 0 Å². The summed E-state index contributed by atoms with van der Waals surface area (Å²) in [6.45, 7) is 0. The zero-order valence-corrected chi connectivity index (χ0v) is 20.0. The fourth-order valence-corrected chi connectivity index (χ4v) is 3.76. The molecule has 1 aromatic heterocycles. The molecule has 1 amide bonds. The van der Waals surface area contributed by atoms with Crippen molar-refractivity contribution in [2.75, 3.05) is 26.8 Å². The molecule has 1 N–H and O–H groups in total. The van der Waals surface area contributed by atoms with Crippen LogP contribution in [0.15, 0.2) is 71.5 Å². The summed E-state index contributed by atoms with van der Waals surface area (Å²) in [5.74, 6) is 1.05. The quantitative estimate of drug-likeness (QED) is 0.382. The van der Waals surface area contributed by atoms with Crippen LogP contribution in [0.2, 0.25) is 5.02 Å². The van der Waals surface area contributed by atoms with Crippen molar-refractivity contribution in [1.29, 1.82) is 0 Å². The Morgan fingerprint density at radius 2 is 1.69 bits per heavy atom. The molecule has 0 aliphatic carbocycles. The molecule has 1 heterocycles. The Kier molecular flexibility index (Phi) is 7.03. The van der Waals surface area contributed by atoms with E-state index in [4.69, 9.17) is 25.8 Å². The SMILES string of the molecule is COc1cc(C=CC(=O)Nn2c(-c3cccc(Cl)c3)nc3ccccc3c2=O)cc(OC)c1OC. The molecule has 0 atom stereocenters. The molecule has 0 saturated carbocycles. The van der Waals surface area contributed by atoms with Gasteiger partial charge in [-0.1, -0.05) is 35.9 Å². The fraction of sp³-hybridized carbons (Fsp3) is 0.115. The van der Waals surface area contributed by atoms with Crippen LogP contribution in [-0.4, -0.2) is 36.9 Å². The zero-order chi connectivity index (χ0) is 24.9. The number of fused-ring (bicyclic) bond motifs is 1. The molecular weight excluding hydrogens is 470 g/mol. The van der Waals surface area contributed by atoms with E-state index in [2.05, 4.69) is 10.4 Å². The van der Waals surface area contributed by atoms with Crippen LogP contribution >= 0.6 is 11.6 Å². The average Bonchev–Trinajstić information content (AvgIpc) is 2.88. The maximum Gasteiger partial charge on any atom is 0.280 e. The predicted molar refractivity (Wildman–Crippen MR) is 136 cm³/mol. The highest BCUT2D eigenvalue weighted by atomic mass is 35.5. The van der Waals surface area contributed by atoms with Crippen LogP contribution in [0.5, 0.6) is 17.2 Å². The summed E-state index contributed by atoms with van der Waals surface area (Å²) in [6, 6.07) is 17.2.